The van der Waals surface area contributed by atoms with E-state index in [0.717, 1.165) is 18.4 Å². The van der Waals surface area contributed by atoms with Crippen molar-refractivity contribution in [3.05, 3.63) is 23.4 Å². The second-order valence-electron chi connectivity index (χ2n) is 9.75. The summed E-state index contributed by atoms with van der Waals surface area (Å²) in [6, 6.07) is 0. The number of alkyl halides is 2. The summed E-state index contributed by atoms with van der Waals surface area (Å²) in [5.41, 5.74) is 0.776. The fourth-order valence-corrected chi connectivity index (χ4v) is 3.44. The topological polar surface area (TPSA) is 54.4 Å². The third-order valence-corrected chi connectivity index (χ3v) is 5.80. The van der Waals surface area contributed by atoms with Gasteiger partial charge in [-0.25, -0.2) is 13.8 Å². The summed E-state index contributed by atoms with van der Waals surface area (Å²) in [5.74, 6) is -1.91. The summed E-state index contributed by atoms with van der Waals surface area (Å²) < 4.78 is 38.2. The summed E-state index contributed by atoms with van der Waals surface area (Å²) in [5, 5.41) is 0. The van der Waals surface area contributed by atoms with Crippen LogP contribution in [0.3, 0.4) is 0 Å². The van der Waals surface area contributed by atoms with Gasteiger partial charge < -0.3 is 19.3 Å². The fraction of sp³-hybridized carbons (Fsp3) is 0.750. The predicted molar refractivity (Wildman–Crippen MR) is 123 cm³/mol. The molecule has 32 heavy (non-hydrogen) atoms. The Labute approximate surface area is 191 Å². The Morgan fingerprint density at radius 1 is 1.31 bits per heavy atom. The van der Waals surface area contributed by atoms with Crippen molar-refractivity contribution in [1.82, 2.24) is 9.80 Å². The first-order valence-electron chi connectivity index (χ1n) is 11.4. The number of aliphatic imine (C=N–C) groups is 1. The molecule has 2 aliphatic rings. The zero-order chi connectivity index (χ0) is 24.1. The van der Waals surface area contributed by atoms with Gasteiger partial charge in [0.2, 0.25) is 0 Å². The molecule has 0 radical (unpaired) electrons. The van der Waals surface area contributed by atoms with E-state index in [-0.39, 0.29) is 19.0 Å². The van der Waals surface area contributed by atoms with Gasteiger partial charge in [0, 0.05) is 25.4 Å². The first-order valence-corrected chi connectivity index (χ1v) is 11.4. The Bertz CT molecular complexity index is 744. The maximum absolute atomic E-state index is 13.6. The molecule has 0 N–H and O–H groups in total. The van der Waals surface area contributed by atoms with Crippen LogP contribution in [-0.2, 0) is 14.3 Å². The van der Waals surface area contributed by atoms with Crippen molar-refractivity contribution in [3.63, 3.8) is 0 Å². The summed E-state index contributed by atoms with van der Waals surface area (Å²) in [4.78, 5) is 21.3. The van der Waals surface area contributed by atoms with Crippen LogP contribution in [0.4, 0.5) is 8.78 Å². The smallest absolute Gasteiger partial charge is 0.282 e. The van der Waals surface area contributed by atoms with Crippen LogP contribution in [0.1, 0.15) is 54.4 Å². The molecule has 1 aliphatic carbocycles. The molecular weight excluding hydrogens is 416 g/mol. The molecule has 1 atom stereocenters. The quantitative estimate of drug-likeness (QED) is 0.214. The van der Waals surface area contributed by atoms with Gasteiger partial charge in [-0.2, -0.15) is 0 Å². The largest absolute Gasteiger partial charge is 0.383 e. The second kappa shape index (κ2) is 10.9. The van der Waals surface area contributed by atoms with E-state index in [0.29, 0.717) is 37.1 Å². The second-order valence-corrected chi connectivity index (χ2v) is 9.75. The average Bonchev–Trinajstić information content (AvgIpc) is 3.51. The molecule has 1 heterocycles. The van der Waals surface area contributed by atoms with Gasteiger partial charge in [0.25, 0.3) is 11.8 Å². The summed E-state index contributed by atoms with van der Waals surface area (Å²) >= 11 is 0. The van der Waals surface area contributed by atoms with E-state index in [9.17, 15) is 13.6 Å². The van der Waals surface area contributed by atoms with Gasteiger partial charge in [-0.3, -0.25) is 4.79 Å². The van der Waals surface area contributed by atoms with E-state index >= 15 is 0 Å². The molecule has 1 unspecified atom stereocenters. The number of carbonyl (C=O) groups excluding carboxylic acids is 1. The molecule has 2 rings (SSSR count). The highest BCUT2D eigenvalue weighted by atomic mass is 19.3. The monoisotopic (exact) mass is 455 g/mol. The molecule has 1 saturated carbocycles. The summed E-state index contributed by atoms with van der Waals surface area (Å²) in [7, 11) is 1.60. The van der Waals surface area contributed by atoms with Gasteiger partial charge in [0.1, 0.15) is 11.9 Å². The maximum Gasteiger partial charge on any atom is 0.282 e. The third kappa shape index (κ3) is 7.37. The van der Waals surface area contributed by atoms with Crippen molar-refractivity contribution < 1.29 is 23.0 Å². The summed E-state index contributed by atoms with van der Waals surface area (Å²) in [6.07, 6.45) is 5.21. The molecule has 0 bridgehead atoms. The Kier molecular flexibility index (Phi) is 8.99. The minimum Gasteiger partial charge on any atom is -0.383 e. The van der Waals surface area contributed by atoms with E-state index in [2.05, 4.69) is 4.99 Å². The normalized spacial score (nSPS) is 20.8. The molecule has 8 heteroatoms. The Balaban J connectivity index is 2.34. The van der Waals surface area contributed by atoms with Crippen LogP contribution in [0, 0.1) is 5.92 Å². The third-order valence-electron chi connectivity index (χ3n) is 5.80. The molecule has 1 aliphatic heterocycles. The number of carbonyl (C=O) groups is 1. The van der Waals surface area contributed by atoms with Gasteiger partial charge in [-0.15, -0.1) is 0 Å². The maximum atomic E-state index is 13.6. The number of rotatable bonds is 10. The summed E-state index contributed by atoms with van der Waals surface area (Å²) in [6.45, 7) is 12.1. The molecule has 182 valence electrons. The van der Waals surface area contributed by atoms with Gasteiger partial charge >= 0.3 is 0 Å². The van der Waals surface area contributed by atoms with Crippen molar-refractivity contribution in [3.8, 4) is 0 Å². The number of halogens is 2. The lowest BCUT2D eigenvalue weighted by Crippen LogP contribution is -2.60. The van der Waals surface area contributed by atoms with E-state index < -0.39 is 17.6 Å². The van der Waals surface area contributed by atoms with Gasteiger partial charge in [0.15, 0.2) is 0 Å². The number of hydrogen-bond acceptors (Lipinski definition) is 4. The highest BCUT2D eigenvalue weighted by Crippen LogP contribution is 2.31. The number of ether oxygens (including phenoxy) is 2. The Morgan fingerprint density at radius 2 is 1.94 bits per heavy atom. The van der Waals surface area contributed by atoms with Crippen LogP contribution >= 0.6 is 0 Å². The van der Waals surface area contributed by atoms with Gasteiger partial charge in [-0.1, -0.05) is 6.08 Å². The molecule has 0 aromatic heterocycles. The van der Waals surface area contributed by atoms with Crippen LogP contribution in [0.25, 0.3) is 0 Å². The minimum atomic E-state index is -2.72. The van der Waals surface area contributed by atoms with Crippen LogP contribution in [-0.4, -0.2) is 79.1 Å². The van der Waals surface area contributed by atoms with Crippen LogP contribution in [0.15, 0.2) is 28.4 Å². The zero-order valence-corrected chi connectivity index (χ0v) is 20.6. The highest BCUT2D eigenvalue weighted by Gasteiger charge is 2.46. The predicted octanol–water partition coefficient (Wildman–Crippen LogP) is 4.27. The standard InChI is InChI=1S/C24H39F2N3O3/c1-8-17(2)20(22(30)29(11-12-31-7)23(4,5)6)13-27-21(28-15-24(25,26)16-28)18(3)32-14-19-9-10-19/h8,13,18-19H,9-12,14-16H2,1-7H3/b17-8?,20-13+,27-21?. The Morgan fingerprint density at radius 3 is 2.41 bits per heavy atom. The lowest BCUT2D eigenvalue weighted by Gasteiger charge is -2.42. The number of amides is 1. The van der Waals surface area contributed by atoms with E-state index in [1.54, 1.807) is 12.0 Å². The molecule has 6 nitrogen and oxygen atoms in total. The van der Waals surface area contributed by atoms with Crippen molar-refractivity contribution in [1.29, 1.82) is 0 Å². The molecule has 0 spiro atoms. The van der Waals surface area contributed by atoms with Crippen LogP contribution < -0.4 is 0 Å². The molecule has 2 fully saturated rings. The van der Waals surface area contributed by atoms with Gasteiger partial charge in [-0.05, 0) is 65.9 Å². The van der Waals surface area contributed by atoms with Gasteiger partial charge in [0.05, 0.1) is 31.9 Å². The zero-order valence-electron chi connectivity index (χ0n) is 20.6. The number of hydrogen-bond donors (Lipinski definition) is 0. The molecule has 0 aromatic rings. The molecular formula is C24H39F2N3O3. The fourth-order valence-electron chi connectivity index (χ4n) is 3.44. The highest BCUT2D eigenvalue weighted by molar-refractivity contribution is 5.98. The van der Waals surface area contributed by atoms with Crippen molar-refractivity contribution in [2.75, 3.05) is 40.0 Å². The van der Waals surface area contributed by atoms with Crippen molar-refractivity contribution in [2.45, 2.75) is 71.9 Å². The van der Waals surface area contributed by atoms with Crippen molar-refractivity contribution >= 4 is 11.7 Å². The number of nitrogens with zero attached hydrogens (tertiary/aromatic N) is 3. The SMILES string of the molecule is CC=C(C)/C(=C\N=C(C(C)OCC1CC1)N1CC(F)(F)C1)C(=O)N(CCOC)C(C)(C)C. The first-order chi connectivity index (χ1) is 14.9. The molecule has 1 amide bonds. The lowest BCUT2D eigenvalue weighted by molar-refractivity contribution is -0.132. The molecule has 0 aromatic carbocycles. The lowest BCUT2D eigenvalue weighted by atomic mass is 10.0. The number of methoxy groups -OCH3 is 1. The van der Waals surface area contributed by atoms with E-state index in [4.69, 9.17) is 9.47 Å². The average molecular weight is 456 g/mol. The Hall–Kier alpha value is -1.80. The first kappa shape index (κ1) is 26.5. The van der Waals surface area contributed by atoms with Crippen LogP contribution in [0.5, 0.6) is 0 Å². The van der Waals surface area contributed by atoms with E-state index in [1.165, 1.54) is 11.1 Å². The molecule has 1 saturated heterocycles. The number of amidine groups is 1. The number of allylic oxidation sites excluding steroid dienone is 1. The van der Waals surface area contributed by atoms with Crippen molar-refractivity contribution in [2.24, 2.45) is 10.9 Å². The van der Waals surface area contributed by atoms with E-state index in [1.807, 2.05) is 47.6 Å². The minimum absolute atomic E-state index is 0.172. The number of likely N-dealkylation sites (tertiary alicyclic amines) is 1. The van der Waals surface area contributed by atoms with Crippen LogP contribution in [0.2, 0.25) is 0 Å².